The van der Waals surface area contributed by atoms with Crippen LogP contribution in [-0.2, 0) is 4.74 Å². The smallest absolute Gasteiger partial charge is 0.0918 e. The lowest BCUT2D eigenvalue weighted by Crippen LogP contribution is -2.55. The Labute approximate surface area is 102 Å². The van der Waals surface area contributed by atoms with Crippen LogP contribution in [0.2, 0.25) is 0 Å². The van der Waals surface area contributed by atoms with Crippen LogP contribution in [0.5, 0.6) is 0 Å². The van der Waals surface area contributed by atoms with Gasteiger partial charge in [0.15, 0.2) is 0 Å². The maximum absolute atomic E-state index is 8.51. The second-order valence-corrected chi connectivity index (χ2v) is 3.15. The van der Waals surface area contributed by atoms with Crippen molar-refractivity contribution in [3.63, 3.8) is 0 Å². The molecule has 15 heavy (non-hydrogen) atoms. The third-order valence-corrected chi connectivity index (χ3v) is 2.01. The molecule has 0 aromatic carbocycles. The van der Waals surface area contributed by atoms with Crippen LogP contribution in [0.25, 0.3) is 0 Å². The Kier molecular flexibility index (Phi) is 9.34. The van der Waals surface area contributed by atoms with Crippen LogP contribution < -0.4 is 11.5 Å². The Morgan fingerprint density at radius 2 is 1.93 bits per heavy atom. The molecule has 1 atom stereocenters. The average Bonchev–Trinajstić information content (AvgIpc) is 2.08. The van der Waals surface area contributed by atoms with Gasteiger partial charge in [-0.1, -0.05) is 18.2 Å². The number of halogens is 2. The minimum atomic E-state index is -0.829. The predicted molar refractivity (Wildman–Crippen MR) is 65.3 cm³/mol. The van der Waals surface area contributed by atoms with Crippen LogP contribution in [0.3, 0.4) is 0 Å². The quantitative estimate of drug-likeness (QED) is 0.496. The van der Waals surface area contributed by atoms with Gasteiger partial charge in [0.25, 0.3) is 0 Å². The Bertz CT molecular complexity index is 220. The zero-order valence-electron chi connectivity index (χ0n) is 8.33. The molecule has 90 valence electrons. The molecular weight excluding hydrogens is 239 g/mol. The number of rotatable bonds is 4. The lowest BCUT2D eigenvalue weighted by Gasteiger charge is -2.30. The van der Waals surface area contributed by atoms with Gasteiger partial charge < -0.3 is 21.3 Å². The first-order valence-electron chi connectivity index (χ1n) is 4.29. The van der Waals surface area contributed by atoms with Crippen LogP contribution in [0, 0.1) is 5.92 Å². The Morgan fingerprint density at radius 3 is 2.47 bits per heavy atom. The van der Waals surface area contributed by atoms with Crippen molar-refractivity contribution in [3.05, 3.63) is 24.3 Å². The molecule has 0 fully saturated rings. The minimum absolute atomic E-state index is 0. The topological polar surface area (TPSA) is 81.5 Å². The fourth-order valence-electron chi connectivity index (χ4n) is 1.19. The van der Waals surface area contributed by atoms with Gasteiger partial charge in [-0.2, -0.15) is 0 Å². The summed E-state index contributed by atoms with van der Waals surface area (Å²) >= 11 is 0. The van der Waals surface area contributed by atoms with Crippen molar-refractivity contribution in [1.82, 2.24) is 0 Å². The van der Waals surface area contributed by atoms with Gasteiger partial charge in [-0.25, -0.2) is 0 Å². The first-order valence-corrected chi connectivity index (χ1v) is 4.29. The molecule has 4 nitrogen and oxygen atoms in total. The van der Waals surface area contributed by atoms with Gasteiger partial charge in [-0.05, 0) is 6.08 Å². The van der Waals surface area contributed by atoms with Crippen molar-refractivity contribution < 1.29 is 9.84 Å². The van der Waals surface area contributed by atoms with Crippen LogP contribution in [-0.4, -0.2) is 30.6 Å². The SMILES string of the molecule is Cl.Cl.NC1(N)C=CC=CC1COCCO. The van der Waals surface area contributed by atoms with E-state index < -0.39 is 5.66 Å². The second kappa shape index (κ2) is 8.10. The summed E-state index contributed by atoms with van der Waals surface area (Å²) in [6.45, 7) is 0.785. The van der Waals surface area contributed by atoms with E-state index in [1.165, 1.54) is 0 Å². The predicted octanol–water partition coefficient (Wildman–Crippen LogP) is 0.195. The fourth-order valence-corrected chi connectivity index (χ4v) is 1.19. The van der Waals surface area contributed by atoms with Crippen molar-refractivity contribution in [2.75, 3.05) is 19.8 Å². The summed E-state index contributed by atoms with van der Waals surface area (Å²) in [6.07, 6.45) is 7.38. The Morgan fingerprint density at radius 1 is 1.27 bits per heavy atom. The standard InChI is InChI=1S/C9H16N2O2.2ClH/c10-9(11)4-2-1-3-8(9)7-13-6-5-12;;/h1-4,8,12H,5-7,10-11H2;2*1H. The molecule has 1 aliphatic rings. The molecule has 0 bridgehead atoms. The maximum atomic E-state index is 8.51. The minimum Gasteiger partial charge on any atom is -0.394 e. The van der Waals surface area contributed by atoms with Crippen molar-refractivity contribution >= 4 is 24.8 Å². The van der Waals surface area contributed by atoms with E-state index in [0.717, 1.165) is 0 Å². The lowest BCUT2D eigenvalue weighted by atomic mass is 9.90. The van der Waals surface area contributed by atoms with Gasteiger partial charge in [-0.3, -0.25) is 0 Å². The number of hydrogen-bond donors (Lipinski definition) is 3. The summed E-state index contributed by atoms with van der Waals surface area (Å²) in [6, 6.07) is 0. The summed E-state index contributed by atoms with van der Waals surface area (Å²) in [4.78, 5) is 0. The molecule has 0 radical (unpaired) electrons. The first-order chi connectivity index (χ1) is 6.17. The third kappa shape index (κ3) is 5.51. The molecule has 5 N–H and O–H groups in total. The summed E-state index contributed by atoms with van der Waals surface area (Å²) in [5, 5.41) is 8.51. The molecule has 0 aliphatic heterocycles. The summed E-state index contributed by atoms with van der Waals surface area (Å²) in [5.74, 6) is -0.0240. The fraction of sp³-hybridized carbons (Fsp3) is 0.556. The average molecular weight is 257 g/mol. The van der Waals surface area contributed by atoms with Crippen LogP contribution in [0.4, 0.5) is 0 Å². The van der Waals surface area contributed by atoms with Crippen molar-refractivity contribution in [3.8, 4) is 0 Å². The maximum Gasteiger partial charge on any atom is 0.0918 e. The van der Waals surface area contributed by atoms with E-state index in [0.29, 0.717) is 13.2 Å². The molecular formula is C9H18Cl2N2O2. The molecule has 1 aliphatic carbocycles. The highest BCUT2D eigenvalue weighted by atomic mass is 35.5. The highest BCUT2D eigenvalue weighted by Crippen LogP contribution is 2.17. The lowest BCUT2D eigenvalue weighted by molar-refractivity contribution is 0.0650. The van der Waals surface area contributed by atoms with Crippen LogP contribution in [0.15, 0.2) is 24.3 Å². The third-order valence-electron chi connectivity index (χ3n) is 2.01. The van der Waals surface area contributed by atoms with Gasteiger partial charge in [-0.15, -0.1) is 24.8 Å². The Balaban J connectivity index is 0. The van der Waals surface area contributed by atoms with E-state index in [9.17, 15) is 0 Å². The Hall–Kier alpha value is -0.100. The number of aliphatic hydroxyl groups excluding tert-OH is 1. The first kappa shape index (κ1) is 17.3. The van der Waals surface area contributed by atoms with Crippen molar-refractivity contribution in [1.29, 1.82) is 0 Å². The van der Waals surface area contributed by atoms with E-state index >= 15 is 0 Å². The second-order valence-electron chi connectivity index (χ2n) is 3.15. The summed E-state index contributed by atoms with van der Waals surface area (Å²) in [7, 11) is 0. The highest BCUT2D eigenvalue weighted by Gasteiger charge is 2.27. The molecule has 0 saturated carbocycles. The zero-order chi connectivity index (χ0) is 9.73. The molecule has 0 amide bonds. The molecule has 0 heterocycles. The molecule has 1 rings (SSSR count). The molecule has 6 heteroatoms. The van der Waals surface area contributed by atoms with E-state index in [2.05, 4.69) is 0 Å². The number of hydrogen-bond acceptors (Lipinski definition) is 4. The summed E-state index contributed by atoms with van der Waals surface area (Å²) in [5.41, 5.74) is 10.8. The number of aliphatic hydroxyl groups is 1. The monoisotopic (exact) mass is 256 g/mol. The van der Waals surface area contributed by atoms with E-state index in [4.69, 9.17) is 21.3 Å². The van der Waals surface area contributed by atoms with Gasteiger partial charge in [0.05, 0.1) is 25.5 Å². The molecule has 0 saturated heterocycles. The van der Waals surface area contributed by atoms with Crippen molar-refractivity contribution in [2.45, 2.75) is 5.66 Å². The van der Waals surface area contributed by atoms with Gasteiger partial charge in [0, 0.05) is 5.92 Å². The number of nitrogens with two attached hydrogens (primary N) is 2. The van der Waals surface area contributed by atoms with Gasteiger partial charge >= 0.3 is 0 Å². The molecule has 0 aromatic heterocycles. The van der Waals surface area contributed by atoms with Crippen LogP contribution >= 0.6 is 24.8 Å². The summed E-state index contributed by atoms with van der Waals surface area (Å²) < 4.78 is 5.16. The van der Waals surface area contributed by atoms with E-state index in [1.807, 2.05) is 18.2 Å². The normalized spacial score (nSPS) is 21.7. The molecule has 0 aromatic rings. The van der Waals surface area contributed by atoms with Crippen LogP contribution in [0.1, 0.15) is 0 Å². The molecule has 0 spiro atoms. The van der Waals surface area contributed by atoms with Gasteiger partial charge in [0.1, 0.15) is 0 Å². The van der Waals surface area contributed by atoms with E-state index in [1.54, 1.807) is 6.08 Å². The number of ether oxygens (including phenoxy) is 1. The largest absolute Gasteiger partial charge is 0.394 e. The highest BCUT2D eigenvalue weighted by molar-refractivity contribution is 5.85. The van der Waals surface area contributed by atoms with Gasteiger partial charge in [0.2, 0.25) is 0 Å². The zero-order valence-corrected chi connectivity index (χ0v) is 9.97. The van der Waals surface area contributed by atoms with Crippen molar-refractivity contribution in [2.24, 2.45) is 17.4 Å². The molecule has 1 unspecified atom stereocenters. The van der Waals surface area contributed by atoms with E-state index in [-0.39, 0.29) is 37.3 Å². The number of allylic oxidation sites excluding steroid dienone is 2.